The summed E-state index contributed by atoms with van der Waals surface area (Å²) in [5.74, 6) is 1.74. The van der Waals surface area contributed by atoms with Gasteiger partial charge >= 0.3 is 0 Å². The van der Waals surface area contributed by atoms with Crippen LogP contribution in [0.25, 0.3) is 0 Å². The van der Waals surface area contributed by atoms with Crippen molar-refractivity contribution in [3.05, 3.63) is 0 Å². The zero-order valence-electron chi connectivity index (χ0n) is 12.5. The van der Waals surface area contributed by atoms with E-state index in [2.05, 4.69) is 4.90 Å². The highest BCUT2D eigenvalue weighted by Gasteiger charge is 2.45. The molecule has 19 heavy (non-hydrogen) atoms. The van der Waals surface area contributed by atoms with Gasteiger partial charge in [-0.15, -0.1) is 0 Å². The molecule has 3 atom stereocenters. The van der Waals surface area contributed by atoms with Gasteiger partial charge in [0.1, 0.15) is 7.85 Å². The van der Waals surface area contributed by atoms with E-state index < -0.39 is 5.62 Å². The highest BCUT2D eigenvalue weighted by Crippen LogP contribution is 2.41. The molecule has 1 aliphatic carbocycles. The minimum Gasteiger partial charge on any atom is -0.385 e. The van der Waals surface area contributed by atoms with E-state index in [0.29, 0.717) is 0 Å². The highest BCUT2D eigenvalue weighted by molar-refractivity contribution is 6.14. The number of rotatable bonds is 2. The summed E-state index contributed by atoms with van der Waals surface area (Å²) < 4.78 is 5.35. The summed E-state index contributed by atoms with van der Waals surface area (Å²) in [7, 11) is 6.23. The van der Waals surface area contributed by atoms with E-state index in [1.807, 2.05) is 13.8 Å². The molecule has 0 bridgehead atoms. The Morgan fingerprint density at radius 3 is 2.11 bits per heavy atom. The van der Waals surface area contributed by atoms with Crippen LogP contribution in [0, 0.1) is 17.8 Å². The van der Waals surface area contributed by atoms with Gasteiger partial charge in [-0.05, 0) is 43.4 Å². The third-order valence-electron chi connectivity index (χ3n) is 5.06. The van der Waals surface area contributed by atoms with Crippen molar-refractivity contribution in [2.75, 3.05) is 26.3 Å². The number of fused-ring (bicyclic) bond motifs is 1. The lowest BCUT2D eigenvalue weighted by atomic mass is 9.74. The van der Waals surface area contributed by atoms with Gasteiger partial charge in [0.25, 0.3) is 0 Å². The fraction of sp³-hybridized carbons (Fsp3) is 1.00. The Bertz CT molecular complexity index is 267. The second-order valence-electron chi connectivity index (χ2n) is 6.03. The Kier molecular flexibility index (Phi) is 5.33. The molecule has 2 saturated heterocycles. The molecule has 3 rings (SSSR count). The van der Waals surface area contributed by atoms with Crippen molar-refractivity contribution in [3.8, 4) is 0 Å². The summed E-state index contributed by atoms with van der Waals surface area (Å²) in [6, 6.07) is 0. The van der Waals surface area contributed by atoms with Crippen LogP contribution >= 0.6 is 0 Å². The second-order valence-corrected chi connectivity index (χ2v) is 6.03. The molecular formula is C15H28BNO2. The van der Waals surface area contributed by atoms with Crippen LogP contribution in [-0.4, -0.2) is 49.8 Å². The summed E-state index contributed by atoms with van der Waals surface area (Å²) in [6.45, 7) is 7.47. The number of nitrogens with zero attached hydrogens (tertiary/aromatic N) is 1. The van der Waals surface area contributed by atoms with Crippen molar-refractivity contribution in [1.82, 2.24) is 4.90 Å². The van der Waals surface area contributed by atoms with Gasteiger partial charge in [-0.2, -0.15) is 0 Å². The van der Waals surface area contributed by atoms with Gasteiger partial charge in [0.05, 0.1) is 5.62 Å². The topological polar surface area (TPSA) is 32.7 Å². The van der Waals surface area contributed by atoms with Crippen LogP contribution in [0.2, 0.25) is 0 Å². The largest absolute Gasteiger partial charge is 0.385 e. The van der Waals surface area contributed by atoms with E-state index in [0.717, 1.165) is 51.0 Å². The van der Waals surface area contributed by atoms with E-state index in [9.17, 15) is 5.11 Å². The first kappa shape index (κ1) is 15.3. The molecule has 0 amide bonds. The molecule has 2 radical (unpaired) electrons. The van der Waals surface area contributed by atoms with E-state index in [4.69, 9.17) is 12.6 Å². The molecular weight excluding hydrogens is 237 g/mol. The average Bonchev–Trinajstić information content (AvgIpc) is 3.03. The predicted molar refractivity (Wildman–Crippen MR) is 78.0 cm³/mol. The molecule has 3 aliphatic rings. The molecule has 108 valence electrons. The van der Waals surface area contributed by atoms with Gasteiger partial charge in [0.15, 0.2) is 0 Å². The van der Waals surface area contributed by atoms with E-state index in [1.54, 1.807) is 0 Å². The van der Waals surface area contributed by atoms with Gasteiger partial charge < -0.3 is 9.84 Å². The monoisotopic (exact) mass is 265 g/mol. The third-order valence-corrected chi connectivity index (χ3v) is 5.06. The van der Waals surface area contributed by atoms with E-state index in [-0.39, 0.29) is 5.92 Å². The number of hydrogen-bond acceptors (Lipinski definition) is 3. The maximum atomic E-state index is 10.6. The SMILES string of the molecule is CC.[B]C(O)(C1CCOCC1)N1CC2CCCC2C1. The second kappa shape index (κ2) is 6.60. The molecule has 0 aromatic heterocycles. The lowest BCUT2D eigenvalue weighted by Crippen LogP contribution is -2.55. The molecule has 0 spiro atoms. The molecule has 1 N–H and O–H groups in total. The number of likely N-dealkylation sites (tertiary alicyclic amines) is 1. The van der Waals surface area contributed by atoms with Crippen LogP contribution in [0.1, 0.15) is 46.0 Å². The van der Waals surface area contributed by atoms with Crippen molar-refractivity contribution in [1.29, 1.82) is 0 Å². The summed E-state index contributed by atoms with van der Waals surface area (Å²) in [5, 5.41) is 10.6. The average molecular weight is 265 g/mol. The number of aliphatic hydroxyl groups is 1. The van der Waals surface area contributed by atoms with Gasteiger partial charge in [0.2, 0.25) is 0 Å². The van der Waals surface area contributed by atoms with Crippen LogP contribution in [-0.2, 0) is 4.74 Å². The summed E-state index contributed by atoms with van der Waals surface area (Å²) in [5.41, 5.74) is -1.10. The lowest BCUT2D eigenvalue weighted by Gasteiger charge is -2.43. The Balaban J connectivity index is 0.000000637. The first-order chi connectivity index (χ1) is 9.18. The predicted octanol–water partition coefficient (Wildman–Crippen LogP) is 1.99. The molecule has 3 unspecified atom stereocenters. The van der Waals surface area contributed by atoms with Gasteiger partial charge in [-0.25, -0.2) is 0 Å². The zero-order chi connectivity index (χ0) is 13.9. The zero-order valence-corrected chi connectivity index (χ0v) is 12.5. The van der Waals surface area contributed by atoms with Crippen molar-refractivity contribution < 1.29 is 9.84 Å². The van der Waals surface area contributed by atoms with Crippen LogP contribution in [0.3, 0.4) is 0 Å². The Morgan fingerprint density at radius 1 is 1.05 bits per heavy atom. The molecule has 3 fully saturated rings. The fourth-order valence-electron chi connectivity index (χ4n) is 3.91. The Hall–Kier alpha value is -0.0551. The smallest absolute Gasteiger partial charge is 0.136 e. The fourth-order valence-corrected chi connectivity index (χ4v) is 3.91. The minimum absolute atomic E-state index is 0.176. The van der Waals surface area contributed by atoms with Crippen LogP contribution in [0.15, 0.2) is 0 Å². The van der Waals surface area contributed by atoms with E-state index in [1.165, 1.54) is 19.3 Å². The summed E-state index contributed by atoms with van der Waals surface area (Å²) in [6.07, 6.45) is 5.79. The molecule has 2 aliphatic heterocycles. The van der Waals surface area contributed by atoms with Gasteiger partial charge in [0, 0.05) is 26.3 Å². The molecule has 3 nitrogen and oxygen atoms in total. The summed E-state index contributed by atoms with van der Waals surface area (Å²) in [4.78, 5) is 2.14. The molecule has 1 saturated carbocycles. The van der Waals surface area contributed by atoms with Gasteiger partial charge in [-0.3, -0.25) is 4.90 Å². The lowest BCUT2D eigenvalue weighted by molar-refractivity contribution is -0.102. The Morgan fingerprint density at radius 2 is 1.58 bits per heavy atom. The third kappa shape index (κ3) is 3.17. The van der Waals surface area contributed by atoms with Crippen molar-refractivity contribution >= 4 is 7.85 Å². The molecule has 4 heteroatoms. The maximum Gasteiger partial charge on any atom is 0.136 e. The van der Waals surface area contributed by atoms with Crippen molar-refractivity contribution in [3.63, 3.8) is 0 Å². The van der Waals surface area contributed by atoms with Crippen LogP contribution in [0.5, 0.6) is 0 Å². The first-order valence-electron chi connectivity index (χ1n) is 8.02. The van der Waals surface area contributed by atoms with Crippen LogP contribution < -0.4 is 0 Å². The van der Waals surface area contributed by atoms with Crippen molar-refractivity contribution in [2.24, 2.45) is 17.8 Å². The maximum absolute atomic E-state index is 10.6. The van der Waals surface area contributed by atoms with Crippen LogP contribution in [0.4, 0.5) is 0 Å². The number of ether oxygens (including phenoxy) is 1. The minimum atomic E-state index is -1.10. The normalized spacial score (nSPS) is 35.3. The molecule has 0 aromatic rings. The van der Waals surface area contributed by atoms with Gasteiger partial charge in [-0.1, -0.05) is 20.3 Å². The number of hydrogen-bond donors (Lipinski definition) is 1. The quantitative estimate of drug-likeness (QED) is 0.775. The Labute approximate surface area is 119 Å². The standard InChI is InChI=1S/C13H22BNO2.C2H6/c14-13(16,12-4-6-17-7-5-12)15-8-10-2-1-3-11(10)9-15;1-2/h10-12,16H,1-9H2;1-2H3. The summed E-state index contributed by atoms with van der Waals surface area (Å²) >= 11 is 0. The van der Waals surface area contributed by atoms with E-state index >= 15 is 0 Å². The highest BCUT2D eigenvalue weighted by atomic mass is 16.5. The van der Waals surface area contributed by atoms with Crippen molar-refractivity contribution in [2.45, 2.75) is 51.6 Å². The molecule has 2 heterocycles. The molecule has 0 aromatic carbocycles. The first-order valence-corrected chi connectivity index (χ1v) is 8.02.